The Morgan fingerprint density at radius 3 is 2.53 bits per heavy atom. The van der Waals surface area contributed by atoms with E-state index in [4.69, 9.17) is 0 Å². The molecule has 3 heterocycles. The van der Waals surface area contributed by atoms with Crippen molar-refractivity contribution >= 4 is 44.5 Å². The summed E-state index contributed by atoms with van der Waals surface area (Å²) in [6.45, 7) is 2.65. The average Bonchev–Trinajstić information content (AvgIpc) is 3.44. The Morgan fingerprint density at radius 1 is 1.00 bits per heavy atom. The normalized spacial score (nSPS) is 16.3. The van der Waals surface area contributed by atoms with E-state index in [1.165, 1.54) is 17.0 Å². The van der Waals surface area contributed by atoms with Crippen LogP contribution in [-0.2, 0) is 16.6 Å². The number of thiophene rings is 1. The molecule has 1 aliphatic heterocycles. The molecular formula is C27H29FN6O2S2. The van der Waals surface area contributed by atoms with E-state index in [1.807, 2.05) is 6.07 Å². The summed E-state index contributed by atoms with van der Waals surface area (Å²) in [6.07, 6.45) is 3.47. The summed E-state index contributed by atoms with van der Waals surface area (Å²) >= 11 is 1.72. The first-order chi connectivity index (χ1) is 18.5. The molecule has 0 saturated carbocycles. The highest BCUT2D eigenvalue weighted by molar-refractivity contribution is 7.89. The highest BCUT2D eigenvalue weighted by atomic mass is 32.2. The number of nitrogens with zero attached hydrogens (tertiary/aromatic N) is 3. The zero-order chi connectivity index (χ0) is 26.4. The van der Waals surface area contributed by atoms with Crippen LogP contribution in [0.2, 0.25) is 0 Å². The van der Waals surface area contributed by atoms with Crippen LogP contribution in [0, 0.1) is 11.7 Å². The SMILES string of the molecule is O=S(=O)(c1ccc(Nc2nccc(Nc3ccc(F)cc3)n2)cc1)N1CCCC(CNCc2cccs2)C1. The number of sulfonamides is 1. The molecule has 0 bridgehead atoms. The minimum absolute atomic E-state index is 0.267. The van der Waals surface area contributed by atoms with Gasteiger partial charge in [0.15, 0.2) is 0 Å². The van der Waals surface area contributed by atoms with Crippen molar-refractivity contribution in [1.29, 1.82) is 0 Å². The van der Waals surface area contributed by atoms with Crippen LogP contribution in [0.1, 0.15) is 17.7 Å². The molecule has 1 fully saturated rings. The van der Waals surface area contributed by atoms with Gasteiger partial charge >= 0.3 is 0 Å². The van der Waals surface area contributed by atoms with Gasteiger partial charge in [-0.2, -0.15) is 9.29 Å². The van der Waals surface area contributed by atoms with Crippen LogP contribution in [0.25, 0.3) is 0 Å². The topological polar surface area (TPSA) is 99.2 Å². The van der Waals surface area contributed by atoms with Crippen molar-refractivity contribution in [3.8, 4) is 0 Å². The molecule has 0 spiro atoms. The maximum atomic E-state index is 13.3. The van der Waals surface area contributed by atoms with Gasteiger partial charge in [0.05, 0.1) is 4.90 Å². The molecule has 0 radical (unpaired) electrons. The molecule has 5 rings (SSSR count). The van der Waals surface area contributed by atoms with Crippen LogP contribution in [0.5, 0.6) is 0 Å². The smallest absolute Gasteiger partial charge is 0.243 e. The second-order valence-corrected chi connectivity index (χ2v) is 12.1. The molecule has 1 aliphatic rings. The van der Waals surface area contributed by atoms with Gasteiger partial charge in [-0.05, 0) is 91.3 Å². The van der Waals surface area contributed by atoms with Crippen molar-refractivity contribution in [1.82, 2.24) is 19.6 Å². The van der Waals surface area contributed by atoms with Crippen LogP contribution in [0.4, 0.5) is 27.5 Å². The van der Waals surface area contributed by atoms with Crippen molar-refractivity contribution in [2.75, 3.05) is 30.3 Å². The summed E-state index contributed by atoms with van der Waals surface area (Å²) in [6, 6.07) is 18.4. The molecule has 2 aromatic carbocycles. The second kappa shape index (κ2) is 12.0. The van der Waals surface area contributed by atoms with Gasteiger partial charge in [-0.25, -0.2) is 17.8 Å². The number of benzene rings is 2. The number of piperidine rings is 1. The lowest BCUT2D eigenvalue weighted by atomic mass is 10.00. The summed E-state index contributed by atoms with van der Waals surface area (Å²) in [4.78, 5) is 10.2. The minimum Gasteiger partial charge on any atom is -0.340 e. The number of halogens is 1. The van der Waals surface area contributed by atoms with Crippen LogP contribution < -0.4 is 16.0 Å². The van der Waals surface area contributed by atoms with Crippen molar-refractivity contribution < 1.29 is 12.8 Å². The van der Waals surface area contributed by atoms with E-state index in [0.29, 0.717) is 36.2 Å². The van der Waals surface area contributed by atoms with Crippen molar-refractivity contribution in [2.24, 2.45) is 5.92 Å². The minimum atomic E-state index is -3.59. The summed E-state index contributed by atoms with van der Waals surface area (Å²) in [5.74, 6) is 0.861. The largest absolute Gasteiger partial charge is 0.340 e. The van der Waals surface area contributed by atoms with Crippen LogP contribution in [0.15, 0.2) is 83.2 Å². The van der Waals surface area contributed by atoms with Gasteiger partial charge in [-0.3, -0.25) is 0 Å². The molecule has 8 nitrogen and oxygen atoms in total. The number of rotatable bonds is 10. The van der Waals surface area contributed by atoms with Crippen LogP contribution >= 0.6 is 11.3 Å². The Bertz CT molecular complexity index is 1430. The van der Waals surface area contributed by atoms with E-state index < -0.39 is 10.0 Å². The highest BCUT2D eigenvalue weighted by Crippen LogP contribution is 2.25. The van der Waals surface area contributed by atoms with Crippen LogP contribution in [0.3, 0.4) is 0 Å². The summed E-state index contributed by atoms with van der Waals surface area (Å²) < 4.78 is 41.4. The molecule has 3 N–H and O–H groups in total. The molecule has 1 unspecified atom stereocenters. The second-order valence-electron chi connectivity index (χ2n) is 9.13. The Morgan fingerprint density at radius 2 is 1.76 bits per heavy atom. The number of aromatic nitrogens is 2. The molecule has 1 atom stereocenters. The first-order valence-corrected chi connectivity index (χ1v) is 14.7. The van der Waals surface area contributed by atoms with Crippen molar-refractivity contribution in [3.63, 3.8) is 0 Å². The third-order valence-electron chi connectivity index (χ3n) is 6.31. The summed E-state index contributed by atoms with van der Waals surface area (Å²) in [7, 11) is -3.59. The van der Waals surface area contributed by atoms with Crippen molar-refractivity contribution in [3.05, 3.63) is 89.0 Å². The monoisotopic (exact) mass is 552 g/mol. The zero-order valence-corrected chi connectivity index (χ0v) is 22.3. The molecule has 198 valence electrons. The summed E-state index contributed by atoms with van der Waals surface area (Å²) in [5, 5.41) is 11.7. The van der Waals surface area contributed by atoms with E-state index in [9.17, 15) is 12.8 Å². The Kier molecular flexibility index (Phi) is 8.28. The van der Waals surface area contributed by atoms with Gasteiger partial charge in [0.25, 0.3) is 0 Å². The fourth-order valence-electron chi connectivity index (χ4n) is 4.38. The Hall–Kier alpha value is -3.38. The fourth-order valence-corrected chi connectivity index (χ4v) is 6.61. The lowest BCUT2D eigenvalue weighted by Gasteiger charge is -2.32. The van der Waals surface area contributed by atoms with Gasteiger partial charge in [0.2, 0.25) is 16.0 Å². The van der Waals surface area contributed by atoms with E-state index in [1.54, 1.807) is 64.3 Å². The van der Waals surface area contributed by atoms with Gasteiger partial charge < -0.3 is 16.0 Å². The number of hydrogen-bond donors (Lipinski definition) is 3. The molecule has 11 heteroatoms. The third kappa shape index (κ3) is 6.73. The van der Waals surface area contributed by atoms with Crippen LogP contribution in [-0.4, -0.2) is 42.3 Å². The first-order valence-electron chi connectivity index (χ1n) is 12.4. The predicted octanol–water partition coefficient (Wildman–Crippen LogP) is 5.35. The van der Waals surface area contributed by atoms with Crippen molar-refractivity contribution in [2.45, 2.75) is 24.3 Å². The molecule has 2 aromatic heterocycles. The molecule has 0 amide bonds. The molecule has 4 aromatic rings. The number of nitrogens with one attached hydrogen (secondary N) is 3. The average molecular weight is 553 g/mol. The number of anilines is 4. The van der Waals surface area contributed by atoms with Gasteiger partial charge in [-0.15, -0.1) is 11.3 Å². The van der Waals surface area contributed by atoms with Gasteiger partial charge in [0, 0.05) is 42.1 Å². The molecule has 0 aliphatic carbocycles. The maximum absolute atomic E-state index is 13.3. The maximum Gasteiger partial charge on any atom is 0.243 e. The van der Waals surface area contributed by atoms with E-state index in [2.05, 4.69) is 37.4 Å². The lowest BCUT2D eigenvalue weighted by Crippen LogP contribution is -2.42. The fraction of sp³-hybridized carbons (Fsp3) is 0.259. The lowest BCUT2D eigenvalue weighted by molar-refractivity contribution is 0.260. The third-order valence-corrected chi connectivity index (χ3v) is 9.07. The number of hydrogen-bond acceptors (Lipinski definition) is 8. The van der Waals surface area contributed by atoms with E-state index in [0.717, 1.165) is 25.9 Å². The zero-order valence-electron chi connectivity index (χ0n) is 20.7. The van der Waals surface area contributed by atoms with E-state index in [-0.39, 0.29) is 16.6 Å². The Labute approximate surface area is 226 Å². The predicted molar refractivity (Wildman–Crippen MR) is 149 cm³/mol. The standard InChI is InChI=1S/C27H29FN6O2S2/c28-21-5-7-22(8-6-21)31-26-13-14-30-27(33-26)32-23-9-11-25(12-10-23)38(35,36)34-15-1-3-20(19-34)17-29-18-24-4-2-16-37-24/h2,4-14,16,20,29H,1,3,15,17-19H2,(H2,30,31,32,33). The van der Waals surface area contributed by atoms with Gasteiger partial charge in [0.1, 0.15) is 11.6 Å². The van der Waals surface area contributed by atoms with Gasteiger partial charge in [-0.1, -0.05) is 6.07 Å². The van der Waals surface area contributed by atoms with E-state index >= 15 is 0 Å². The molecular weight excluding hydrogens is 523 g/mol. The molecule has 38 heavy (non-hydrogen) atoms. The highest BCUT2D eigenvalue weighted by Gasteiger charge is 2.30. The first kappa shape index (κ1) is 26.2. The quantitative estimate of drug-likeness (QED) is 0.244. The molecule has 1 saturated heterocycles. The Balaban J connectivity index is 1.18. The summed E-state index contributed by atoms with van der Waals surface area (Å²) in [5.41, 5.74) is 1.36.